The normalized spacial score (nSPS) is 19.6. The van der Waals surface area contributed by atoms with Crippen LogP contribution in [0.15, 0.2) is 10.7 Å². The van der Waals surface area contributed by atoms with Crippen LogP contribution in [0.4, 0.5) is 0 Å². The highest BCUT2D eigenvalue weighted by Crippen LogP contribution is 2.21. The number of nitrogens with zero attached hydrogens (tertiary/aromatic N) is 1. The van der Waals surface area contributed by atoms with Gasteiger partial charge in [-0.1, -0.05) is 39.5 Å². The maximum atomic E-state index is 12.1. The van der Waals surface area contributed by atoms with Crippen molar-refractivity contribution in [2.24, 2.45) is 11.7 Å². The maximum Gasteiger partial charge on any atom is 0.273 e. The lowest BCUT2D eigenvalue weighted by molar-refractivity contribution is 0.0922. The lowest BCUT2D eigenvalue weighted by atomic mass is 9.95. The van der Waals surface area contributed by atoms with E-state index >= 15 is 0 Å². The molecule has 1 aliphatic carbocycles. The van der Waals surface area contributed by atoms with Crippen molar-refractivity contribution in [1.82, 2.24) is 10.3 Å². The fourth-order valence-electron chi connectivity index (χ4n) is 2.55. The molecule has 1 aromatic rings. The molecule has 20 heavy (non-hydrogen) atoms. The minimum atomic E-state index is -0.253. The average molecular weight is 279 g/mol. The second-order valence-corrected chi connectivity index (χ2v) is 5.79. The summed E-state index contributed by atoms with van der Waals surface area (Å²) in [7, 11) is 0. The summed E-state index contributed by atoms with van der Waals surface area (Å²) in [5.41, 5.74) is 6.40. The van der Waals surface area contributed by atoms with Crippen LogP contribution in [0.25, 0.3) is 0 Å². The topological polar surface area (TPSA) is 81.1 Å². The summed E-state index contributed by atoms with van der Waals surface area (Å²) < 4.78 is 5.36. The van der Waals surface area contributed by atoms with Crippen molar-refractivity contribution in [2.75, 3.05) is 0 Å². The fourth-order valence-corrected chi connectivity index (χ4v) is 2.55. The molecule has 2 rings (SSSR count). The second kappa shape index (κ2) is 6.88. The zero-order valence-corrected chi connectivity index (χ0v) is 12.4. The van der Waals surface area contributed by atoms with Gasteiger partial charge in [-0.15, -0.1) is 0 Å². The van der Waals surface area contributed by atoms with Gasteiger partial charge in [0.15, 0.2) is 5.69 Å². The number of carbonyl (C=O) groups is 1. The zero-order chi connectivity index (χ0) is 14.5. The van der Waals surface area contributed by atoms with E-state index in [1.807, 2.05) is 0 Å². The molecule has 0 radical (unpaired) electrons. The number of oxazole rings is 1. The predicted molar refractivity (Wildman–Crippen MR) is 77.2 cm³/mol. The van der Waals surface area contributed by atoms with Gasteiger partial charge in [-0.2, -0.15) is 0 Å². The van der Waals surface area contributed by atoms with E-state index in [9.17, 15) is 4.79 Å². The molecule has 1 unspecified atom stereocenters. The van der Waals surface area contributed by atoms with Crippen LogP contribution >= 0.6 is 0 Å². The molecule has 5 nitrogen and oxygen atoms in total. The van der Waals surface area contributed by atoms with Crippen LogP contribution in [0.2, 0.25) is 0 Å². The van der Waals surface area contributed by atoms with Gasteiger partial charge in [0.25, 0.3) is 5.91 Å². The minimum Gasteiger partial charge on any atom is -0.446 e. The summed E-state index contributed by atoms with van der Waals surface area (Å²) in [5.74, 6) is 0.583. The Labute approximate surface area is 120 Å². The van der Waals surface area contributed by atoms with Crippen molar-refractivity contribution < 1.29 is 9.21 Å². The number of nitrogens with one attached hydrogen (secondary N) is 1. The van der Waals surface area contributed by atoms with Gasteiger partial charge in [-0.05, 0) is 18.8 Å². The number of rotatable bonds is 5. The Hall–Kier alpha value is -1.36. The summed E-state index contributed by atoms with van der Waals surface area (Å²) in [5, 5.41) is 3.03. The van der Waals surface area contributed by atoms with E-state index in [0.717, 1.165) is 19.3 Å². The molecule has 0 aliphatic heterocycles. The van der Waals surface area contributed by atoms with Crippen LogP contribution in [0.3, 0.4) is 0 Å². The van der Waals surface area contributed by atoms with Crippen molar-refractivity contribution in [1.29, 1.82) is 0 Å². The molecule has 1 fully saturated rings. The Bertz CT molecular complexity index is 438. The Morgan fingerprint density at radius 3 is 2.85 bits per heavy atom. The third-order valence-corrected chi connectivity index (χ3v) is 4.24. The maximum absolute atomic E-state index is 12.1. The van der Waals surface area contributed by atoms with Crippen molar-refractivity contribution >= 4 is 5.91 Å². The summed E-state index contributed by atoms with van der Waals surface area (Å²) in [6.07, 6.45) is 8.13. The molecule has 1 heterocycles. The quantitative estimate of drug-likeness (QED) is 0.868. The molecule has 1 amide bonds. The molecule has 112 valence electrons. The first-order valence-corrected chi connectivity index (χ1v) is 7.63. The summed E-state index contributed by atoms with van der Waals surface area (Å²) >= 11 is 0. The minimum absolute atomic E-state index is 0.150. The van der Waals surface area contributed by atoms with Crippen LogP contribution < -0.4 is 11.1 Å². The first kappa shape index (κ1) is 15.0. The van der Waals surface area contributed by atoms with Crippen LogP contribution in [0.5, 0.6) is 0 Å². The van der Waals surface area contributed by atoms with E-state index in [-0.39, 0.29) is 23.9 Å². The first-order chi connectivity index (χ1) is 9.61. The molecule has 2 atom stereocenters. The summed E-state index contributed by atoms with van der Waals surface area (Å²) in [6, 6.07) is 0.0240. The Morgan fingerprint density at radius 1 is 1.50 bits per heavy atom. The standard InChI is InChI=1S/C15H25N3O2/c1-3-10(2)13(16)15-18-12(9-20-15)14(19)17-11-7-5-4-6-8-11/h9-11,13H,3-8,16H2,1-2H3,(H,17,19)/t10?,13-/m0/s1. The molecular formula is C15H25N3O2. The molecule has 0 saturated heterocycles. The third-order valence-electron chi connectivity index (χ3n) is 4.24. The fraction of sp³-hybridized carbons (Fsp3) is 0.733. The van der Waals surface area contributed by atoms with E-state index < -0.39 is 0 Å². The second-order valence-electron chi connectivity index (χ2n) is 5.79. The highest BCUT2D eigenvalue weighted by atomic mass is 16.3. The molecule has 0 bridgehead atoms. The van der Waals surface area contributed by atoms with Crippen LogP contribution in [0.1, 0.15) is 74.8 Å². The molecule has 1 aliphatic rings. The summed E-state index contributed by atoms with van der Waals surface area (Å²) in [4.78, 5) is 16.4. The van der Waals surface area contributed by atoms with Crippen molar-refractivity contribution in [3.05, 3.63) is 17.8 Å². The number of hydrogen-bond acceptors (Lipinski definition) is 4. The van der Waals surface area contributed by atoms with Gasteiger partial charge in [-0.25, -0.2) is 4.98 Å². The molecule has 5 heteroatoms. The van der Waals surface area contributed by atoms with Crippen LogP contribution in [-0.4, -0.2) is 16.9 Å². The van der Waals surface area contributed by atoms with Crippen molar-refractivity contribution in [3.63, 3.8) is 0 Å². The van der Waals surface area contributed by atoms with E-state index in [0.29, 0.717) is 11.6 Å². The lowest BCUT2D eigenvalue weighted by Gasteiger charge is -2.22. The van der Waals surface area contributed by atoms with Gasteiger partial charge in [0.1, 0.15) is 6.26 Å². The predicted octanol–water partition coefficient (Wildman–Crippen LogP) is 2.78. The van der Waals surface area contributed by atoms with Gasteiger partial charge < -0.3 is 15.5 Å². The highest BCUT2D eigenvalue weighted by molar-refractivity contribution is 5.92. The number of carbonyl (C=O) groups excluding carboxylic acids is 1. The summed E-state index contributed by atoms with van der Waals surface area (Å²) in [6.45, 7) is 4.13. The molecule has 0 aromatic carbocycles. The van der Waals surface area contributed by atoms with Gasteiger partial charge in [0.2, 0.25) is 5.89 Å². The molecular weight excluding hydrogens is 254 g/mol. The Kier molecular flexibility index (Phi) is 5.17. The highest BCUT2D eigenvalue weighted by Gasteiger charge is 2.22. The van der Waals surface area contributed by atoms with Crippen molar-refractivity contribution in [2.45, 2.75) is 64.5 Å². The van der Waals surface area contributed by atoms with Crippen LogP contribution in [0, 0.1) is 5.92 Å². The van der Waals surface area contributed by atoms with E-state index in [1.165, 1.54) is 25.5 Å². The average Bonchev–Trinajstić information content (AvgIpc) is 2.96. The smallest absolute Gasteiger partial charge is 0.273 e. The van der Waals surface area contributed by atoms with Gasteiger partial charge in [0.05, 0.1) is 6.04 Å². The lowest BCUT2D eigenvalue weighted by Crippen LogP contribution is -2.36. The largest absolute Gasteiger partial charge is 0.446 e. The van der Waals surface area contributed by atoms with Gasteiger partial charge >= 0.3 is 0 Å². The number of amides is 1. The third kappa shape index (κ3) is 3.60. The van der Waals surface area contributed by atoms with E-state index in [2.05, 4.69) is 24.1 Å². The Morgan fingerprint density at radius 2 is 2.20 bits per heavy atom. The van der Waals surface area contributed by atoms with Gasteiger partial charge in [0, 0.05) is 6.04 Å². The van der Waals surface area contributed by atoms with Crippen LogP contribution in [-0.2, 0) is 0 Å². The molecule has 1 aromatic heterocycles. The number of nitrogens with two attached hydrogens (primary N) is 1. The van der Waals surface area contributed by atoms with Crippen molar-refractivity contribution in [3.8, 4) is 0 Å². The van der Waals surface area contributed by atoms with E-state index in [1.54, 1.807) is 0 Å². The molecule has 3 N–H and O–H groups in total. The Balaban J connectivity index is 1.95. The van der Waals surface area contributed by atoms with Gasteiger partial charge in [-0.3, -0.25) is 4.79 Å². The monoisotopic (exact) mass is 279 g/mol. The number of hydrogen-bond donors (Lipinski definition) is 2. The number of aromatic nitrogens is 1. The molecule has 1 saturated carbocycles. The molecule has 0 spiro atoms. The zero-order valence-electron chi connectivity index (χ0n) is 12.4. The van der Waals surface area contributed by atoms with E-state index in [4.69, 9.17) is 10.2 Å². The first-order valence-electron chi connectivity index (χ1n) is 7.63. The SMILES string of the molecule is CCC(C)[C@H](N)c1nc(C(=O)NC2CCCCC2)co1.